The van der Waals surface area contributed by atoms with E-state index in [1.807, 2.05) is 0 Å². The van der Waals surface area contributed by atoms with Crippen LogP contribution in [0.4, 0.5) is 4.79 Å². The molecule has 8 heteroatoms. The molecule has 0 radical (unpaired) electrons. The van der Waals surface area contributed by atoms with Crippen LogP contribution >= 0.6 is 0 Å². The Morgan fingerprint density at radius 1 is 0.783 bits per heavy atom. The minimum Gasteiger partial charge on any atom is -0.446 e. The standard InChI is InChI=1S/C52H94N4O4/c1-7-8-9-10-11-12-13-14-15-18-25-49(58)56(39-48(57)54-35-20-17-16-19-34-53)37-22-36-55-50(59)60-43-30-32-51(5)42(38-43)26-27-44-46-29-28-45(41(4)24-21-23-40(2)3)52(46,6)33-31-47(44)51/h26,40-41,43-47H,7-25,27-39,53H2,1-6H3,(H,54,57)(H,55,59)/t41-,43+,44+,45-,46+,47+,51+,52-/m1/s1. The maximum atomic E-state index is 13.4. The number of unbranched alkanes of at least 4 members (excludes halogenated alkanes) is 12. The Kier molecular flexibility index (Phi) is 22.3. The molecule has 346 valence electrons. The van der Waals surface area contributed by atoms with Crippen molar-refractivity contribution in [3.63, 3.8) is 0 Å². The van der Waals surface area contributed by atoms with Gasteiger partial charge in [0.05, 0.1) is 6.54 Å². The second-order valence-electron chi connectivity index (χ2n) is 21.1. The number of carbonyl (C=O) groups is 3. The van der Waals surface area contributed by atoms with E-state index in [2.05, 4.69) is 58.3 Å². The molecule has 0 heterocycles. The molecule has 3 fully saturated rings. The zero-order valence-corrected chi connectivity index (χ0v) is 39.9. The first-order valence-corrected chi connectivity index (χ1v) is 25.8. The predicted molar refractivity (Wildman–Crippen MR) is 250 cm³/mol. The number of hydrogen-bond acceptors (Lipinski definition) is 5. The summed E-state index contributed by atoms with van der Waals surface area (Å²) in [5, 5.41) is 6.00. The zero-order chi connectivity index (χ0) is 43.4. The van der Waals surface area contributed by atoms with Gasteiger partial charge >= 0.3 is 6.09 Å². The Bertz CT molecular complexity index is 1300. The summed E-state index contributed by atoms with van der Waals surface area (Å²) in [4.78, 5) is 41.0. The summed E-state index contributed by atoms with van der Waals surface area (Å²) in [7, 11) is 0. The zero-order valence-electron chi connectivity index (χ0n) is 39.9. The van der Waals surface area contributed by atoms with E-state index in [4.69, 9.17) is 10.5 Å². The van der Waals surface area contributed by atoms with Gasteiger partial charge in [-0.25, -0.2) is 4.79 Å². The Labute approximate surface area is 368 Å². The van der Waals surface area contributed by atoms with E-state index in [1.165, 1.54) is 96.3 Å². The summed E-state index contributed by atoms with van der Waals surface area (Å²) in [5.74, 6) is 4.83. The van der Waals surface area contributed by atoms with Crippen molar-refractivity contribution in [2.24, 2.45) is 52.1 Å². The first-order valence-electron chi connectivity index (χ1n) is 25.8. The van der Waals surface area contributed by atoms with Gasteiger partial charge in [0.15, 0.2) is 0 Å². The normalized spacial score (nSPS) is 27.7. The van der Waals surface area contributed by atoms with E-state index in [0.29, 0.717) is 44.4 Å². The molecule has 0 saturated heterocycles. The number of hydrogen-bond donors (Lipinski definition) is 3. The molecule has 4 rings (SSSR count). The number of ether oxygens (including phenoxy) is 1. The van der Waals surface area contributed by atoms with E-state index in [1.54, 1.807) is 10.5 Å². The van der Waals surface area contributed by atoms with Crippen LogP contribution in [0.3, 0.4) is 0 Å². The lowest BCUT2D eigenvalue weighted by Gasteiger charge is -2.58. The summed E-state index contributed by atoms with van der Waals surface area (Å²) in [6.07, 6.45) is 33.2. The van der Waals surface area contributed by atoms with Crippen molar-refractivity contribution in [1.82, 2.24) is 15.5 Å². The summed E-state index contributed by atoms with van der Waals surface area (Å²) < 4.78 is 6.07. The average molecular weight is 839 g/mol. The van der Waals surface area contributed by atoms with Crippen LogP contribution in [0.25, 0.3) is 0 Å². The molecule has 8 nitrogen and oxygen atoms in total. The summed E-state index contributed by atoms with van der Waals surface area (Å²) in [6.45, 7) is 17.0. The quantitative estimate of drug-likeness (QED) is 0.0513. The Morgan fingerprint density at radius 3 is 2.18 bits per heavy atom. The molecule has 4 aliphatic carbocycles. The molecule has 0 aromatic rings. The van der Waals surface area contributed by atoms with Gasteiger partial charge in [0.1, 0.15) is 6.10 Å². The number of alkyl carbamates (subject to hydrolysis) is 1. The van der Waals surface area contributed by atoms with Crippen LogP contribution in [0.1, 0.15) is 215 Å². The molecule has 0 aliphatic heterocycles. The lowest BCUT2D eigenvalue weighted by molar-refractivity contribution is -0.136. The summed E-state index contributed by atoms with van der Waals surface area (Å²) in [6, 6.07) is 0. The molecule has 3 saturated carbocycles. The van der Waals surface area contributed by atoms with Gasteiger partial charge in [0, 0.05) is 32.5 Å². The SMILES string of the molecule is CCCCCCCCCCCCC(=O)N(CCCNC(=O)O[C@H]1CC[C@@]2(C)C(=CC[C@H]3[C@@H]4CC[C@H]([C@H](C)CCCC(C)C)[C@@]4(C)CC[C@@H]32)C1)CC(=O)NCCCCCCN. The molecule has 0 spiro atoms. The van der Waals surface area contributed by atoms with Crippen molar-refractivity contribution in [2.75, 3.05) is 32.7 Å². The molecule has 4 aliphatic rings. The highest BCUT2D eigenvalue weighted by molar-refractivity contribution is 5.84. The largest absolute Gasteiger partial charge is 0.446 e. The van der Waals surface area contributed by atoms with Crippen molar-refractivity contribution in [3.8, 4) is 0 Å². The number of rotatable bonds is 29. The lowest BCUT2D eigenvalue weighted by atomic mass is 9.47. The maximum Gasteiger partial charge on any atom is 0.407 e. The van der Waals surface area contributed by atoms with Gasteiger partial charge in [0.25, 0.3) is 0 Å². The van der Waals surface area contributed by atoms with Crippen molar-refractivity contribution >= 4 is 17.9 Å². The van der Waals surface area contributed by atoms with E-state index < -0.39 is 0 Å². The topological polar surface area (TPSA) is 114 Å². The van der Waals surface area contributed by atoms with E-state index in [9.17, 15) is 14.4 Å². The minimum absolute atomic E-state index is 0.0329. The van der Waals surface area contributed by atoms with Crippen LogP contribution in [0.15, 0.2) is 11.6 Å². The maximum absolute atomic E-state index is 13.4. The predicted octanol–water partition coefficient (Wildman–Crippen LogP) is 12.3. The van der Waals surface area contributed by atoms with Crippen molar-refractivity contribution in [2.45, 2.75) is 221 Å². The first-order chi connectivity index (χ1) is 28.9. The number of fused-ring (bicyclic) bond motifs is 5. The van der Waals surface area contributed by atoms with Gasteiger partial charge in [-0.05, 0) is 124 Å². The van der Waals surface area contributed by atoms with Gasteiger partial charge in [-0.1, -0.05) is 143 Å². The van der Waals surface area contributed by atoms with Crippen LogP contribution in [0, 0.1) is 46.3 Å². The molecule has 8 atom stereocenters. The number of nitrogens with two attached hydrogens (primary N) is 1. The van der Waals surface area contributed by atoms with E-state index >= 15 is 0 Å². The van der Waals surface area contributed by atoms with Crippen LogP contribution in [-0.4, -0.2) is 61.6 Å². The van der Waals surface area contributed by atoms with E-state index in [-0.39, 0.29) is 36.0 Å². The number of allylic oxidation sites excluding steroid dienone is 1. The third-order valence-corrected chi connectivity index (χ3v) is 16.3. The Balaban J connectivity index is 1.20. The highest BCUT2D eigenvalue weighted by atomic mass is 16.6. The highest BCUT2D eigenvalue weighted by Crippen LogP contribution is 2.67. The third kappa shape index (κ3) is 15.3. The van der Waals surface area contributed by atoms with Crippen molar-refractivity contribution in [1.29, 1.82) is 0 Å². The Hall–Kier alpha value is -2.09. The second kappa shape index (κ2) is 26.5. The first kappa shape index (κ1) is 50.6. The molecule has 4 N–H and O–H groups in total. The summed E-state index contributed by atoms with van der Waals surface area (Å²) >= 11 is 0. The van der Waals surface area contributed by atoms with Gasteiger partial charge < -0.3 is 26.0 Å². The monoisotopic (exact) mass is 839 g/mol. The minimum atomic E-state index is -0.360. The second-order valence-corrected chi connectivity index (χ2v) is 21.1. The molecule has 0 bridgehead atoms. The van der Waals surface area contributed by atoms with Crippen LogP contribution in [0.2, 0.25) is 0 Å². The molecule has 3 amide bonds. The molecule has 60 heavy (non-hydrogen) atoms. The van der Waals surface area contributed by atoms with Crippen LogP contribution in [0.5, 0.6) is 0 Å². The number of nitrogens with one attached hydrogen (secondary N) is 2. The fourth-order valence-electron chi connectivity index (χ4n) is 12.7. The smallest absolute Gasteiger partial charge is 0.407 e. The molecule has 0 unspecified atom stereocenters. The average Bonchev–Trinajstić information content (AvgIpc) is 3.58. The van der Waals surface area contributed by atoms with Crippen molar-refractivity contribution in [3.05, 3.63) is 11.6 Å². The molecular weight excluding hydrogens is 745 g/mol. The van der Waals surface area contributed by atoms with Crippen molar-refractivity contribution < 1.29 is 19.1 Å². The van der Waals surface area contributed by atoms with Gasteiger partial charge in [-0.15, -0.1) is 0 Å². The van der Waals surface area contributed by atoms with Gasteiger partial charge in [0.2, 0.25) is 11.8 Å². The van der Waals surface area contributed by atoms with Gasteiger partial charge in [-0.3, -0.25) is 9.59 Å². The highest BCUT2D eigenvalue weighted by Gasteiger charge is 2.59. The fraction of sp³-hybridized carbons (Fsp3) is 0.904. The Morgan fingerprint density at radius 2 is 1.47 bits per heavy atom. The van der Waals surface area contributed by atoms with Gasteiger partial charge in [-0.2, -0.15) is 0 Å². The number of carbonyl (C=O) groups excluding carboxylic acids is 3. The van der Waals surface area contributed by atoms with Crippen LogP contribution < -0.4 is 16.4 Å². The fourth-order valence-corrected chi connectivity index (χ4v) is 12.7. The number of amides is 3. The molecule has 0 aromatic carbocycles. The lowest BCUT2D eigenvalue weighted by Crippen LogP contribution is -2.51. The number of nitrogens with zero attached hydrogens (tertiary/aromatic N) is 1. The third-order valence-electron chi connectivity index (χ3n) is 16.3. The molecule has 0 aromatic heterocycles. The van der Waals surface area contributed by atoms with E-state index in [0.717, 1.165) is 99.7 Å². The molecular formula is C52H94N4O4. The van der Waals surface area contributed by atoms with Crippen LogP contribution in [-0.2, 0) is 14.3 Å². The summed E-state index contributed by atoms with van der Waals surface area (Å²) in [5.41, 5.74) is 7.87.